The molecule has 152 valence electrons. The zero-order chi connectivity index (χ0) is 19.1. The van der Waals surface area contributed by atoms with E-state index in [0.29, 0.717) is 23.3 Å². The van der Waals surface area contributed by atoms with Crippen molar-refractivity contribution in [3.05, 3.63) is 65.7 Å². The molecule has 0 saturated carbocycles. The van der Waals surface area contributed by atoms with E-state index in [1.165, 1.54) is 12.1 Å². The predicted molar refractivity (Wildman–Crippen MR) is 115 cm³/mol. The van der Waals surface area contributed by atoms with Crippen LogP contribution in [0.25, 0.3) is 11.0 Å². The Morgan fingerprint density at radius 1 is 1.10 bits per heavy atom. The zero-order valence-corrected chi connectivity index (χ0v) is 17.4. The summed E-state index contributed by atoms with van der Waals surface area (Å²) in [5, 5.41) is 4.38. The summed E-state index contributed by atoms with van der Waals surface area (Å²) in [6.07, 6.45) is 0. The van der Waals surface area contributed by atoms with Gasteiger partial charge >= 0.3 is 0 Å². The van der Waals surface area contributed by atoms with Crippen molar-refractivity contribution in [1.82, 2.24) is 10.2 Å². The topological polar surface area (TPSA) is 45.5 Å². The molecule has 29 heavy (non-hydrogen) atoms. The average Bonchev–Trinajstić information content (AvgIpc) is 3.40. The Hall–Kier alpha value is -2.02. The highest BCUT2D eigenvalue weighted by atomic mass is 35.5. The molecule has 1 aromatic heterocycles. The highest BCUT2D eigenvalue weighted by Crippen LogP contribution is 2.34. The second kappa shape index (κ2) is 8.38. The number of fused-ring (bicyclic) bond motifs is 2. The fraction of sp³-hybridized carbons (Fsp3) is 0.318. The predicted octanol–water partition coefficient (Wildman–Crippen LogP) is 4.58. The SMILES string of the molecule is Cl.O=C(c1oc2ccccc2c1CSc1ccc(F)cc1)N1C[C@H]2CNC[C@H]2C1. The van der Waals surface area contributed by atoms with Gasteiger partial charge in [-0.3, -0.25) is 4.79 Å². The summed E-state index contributed by atoms with van der Waals surface area (Å²) in [5.41, 5.74) is 1.66. The Morgan fingerprint density at radius 3 is 2.52 bits per heavy atom. The van der Waals surface area contributed by atoms with E-state index in [-0.39, 0.29) is 24.1 Å². The van der Waals surface area contributed by atoms with Gasteiger partial charge in [0.1, 0.15) is 11.4 Å². The molecule has 0 aliphatic carbocycles. The Labute approximate surface area is 179 Å². The summed E-state index contributed by atoms with van der Waals surface area (Å²) in [5.74, 6) is 1.88. The molecule has 3 aromatic rings. The normalized spacial score (nSPS) is 20.7. The Bertz CT molecular complexity index is 1010. The number of amides is 1. The quantitative estimate of drug-likeness (QED) is 0.613. The lowest BCUT2D eigenvalue weighted by Gasteiger charge is -2.16. The van der Waals surface area contributed by atoms with E-state index in [2.05, 4.69) is 5.32 Å². The molecule has 5 rings (SSSR count). The maximum Gasteiger partial charge on any atom is 0.289 e. The van der Waals surface area contributed by atoms with Gasteiger partial charge in [-0.15, -0.1) is 24.2 Å². The number of rotatable bonds is 4. The number of thioether (sulfide) groups is 1. The van der Waals surface area contributed by atoms with Crippen molar-refractivity contribution < 1.29 is 13.6 Å². The molecule has 2 aliphatic rings. The molecule has 2 atom stereocenters. The van der Waals surface area contributed by atoms with Crippen molar-refractivity contribution in [2.75, 3.05) is 26.2 Å². The summed E-state index contributed by atoms with van der Waals surface area (Å²) in [6, 6.07) is 14.2. The lowest BCUT2D eigenvalue weighted by Crippen LogP contribution is -2.32. The van der Waals surface area contributed by atoms with Crippen LogP contribution < -0.4 is 5.32 Å². The number of carbonyl (C=O) groups is 1. The van der Waals surface area contributed by atoms with Gasteiger partial charge in [0.2, 0.25) is 0 Å². The first kappa shape index (κ1) is 20.3. The van der Waals surface area contributed by atoms with Crippen LogP contribution in [0.2, 0.25) is 0 Å². The van der Waals surface area contributed by atoms with Crippen LogP contribution in [0.15, 0.2) is 57.8 Å². The first-order valence-corrected chi connectivity index (χ1v) is 10.6. The average molecular weight is 433 g/mol. The third-order valence-corrected chi connectivity index (χ3v) is 6.80. The smallest absolute Gasteiger partial charge is 0.289 e. The van der Waals surface area contributed by atoms with Gasteiger partial charge < -0.3 is 14.6 Å². The van der Waals surface area contributed by atoms with E-state index in [1.54, 1.807) is 23.9 Å². The van der Waals surface area contributed by atoms with Crippen molar-refractivity contribution in [3.8, 4) is 0 Å². The van der Waals surface area contributed by atoms with E-state index < -0.39 is 0 Å². The van der Waals surface area contributed by atoms with E-state index in [9.17, 15) is 9.18 Å². The minimum Gasteiger partial charge on any atom is -0.451 e. The van der Waals surface area contributed by atoms with E-state index in [0.717, 1.165) is 47.6 Å². The molecule has 2 aliphatic heterocycles. The van der Waals surface area contributed by atoms with E-state index in [1.807, 2.05) is 29.2 Å². The number of halogens is 2. The number of nitrogens with one attached hydrogen (secondary N) is 1. The highest BCUT2D eigenvalue weighted by molar-refractivity contribution is 7.98. The van der Waals surface area contributed by atoms with Crippen LogP contribution in [0.4, 0.5) is 4.39 Å². The number of hydrogen-bond acceptors (Lipinski definition) is 4. The summed E-state index contributed by atoms with van der Waals surface area (Å²) >= 11 is 1.59. The van der Waals surface area contributed by atoms with E-state index in [4.69, 9.17) is 4.42 Å². The molecule has 2 aromatic carbocycles. The summed E-state index contributed by atoms with van der Waals surface area (Å²) in [7, 11) is 0. The lowest BCUT2D eigenvalue weighted by atomic mass is 10.0. The molecule has 2 fully saturated rings. The Balaban J connectivity index is 0.00000205. The molecule has 7 heteroatoms. The van der Waals surface area contributed by atoms with Crippen LogP contribution in [0.3, 0.4) is 0 Å². The molecular weight excluding hydrogens is 411 g/mol. The molecule has 4 nitrogen and oxygen atoms in total. The molecule has 1 amide bonds. The van der Waals surface area contributed by atoms with Gasteiger partial charge in [0, 0.05) is 47.8 Å². The standard InChI is InChI=1S/C22H21FN2O2S.ClH/c23-16-5-7-17(8-6-16)28-13-19-18-3-1-2-4-20(18)27-21(19)22(26)25-11-14-9-24-10-15(14)12-25;/h1-8,14-15,24H,9-13H2;1H/t14-,15+;. The fourth-order valence-corrected chi connectivity index (χ4v) is 5.19. The number of hydrogen-bond donors (Lipinski definition) is 1. The maximum absolute atomic E-state index is 13.3. The van der Waals surface area contributed by atoms with Gasteiger partial charge in [-0.1, -0.05) is 18.2 Å². The van der Waals surface area contributed by atoms with Gasteiger partial charge in [0.25, 0.3) is 5.91 Å². The largest absolute Gasteiger partial charge is 0.451 e. The molecule has 0 unspecified atom stereocenters. The molecule has 0 radical (unpaired) electrons. The van der Waals surface area contributed by atoms with Crippen molar-refractivity contribution >= 4 is 41.0 Å². The van der Waals surface area contributed by atoms with Crippen LogP contribution >= 0.6 is 24.2 Å². The van der Waals surface area contributed by atoms with Crippen molar-refractivity contribution in [1.29, 1.82) is 0 Å². The Morgan fingerprint density at radius 2 is 1.79 bits per heavy atom. The summed E-state index contributed by atoms with van der Waals surface area (Å²) in [6.45, 7) is 3.56. The van der Waals surface area contributed by atoms with Gasteiger partial charge in [0.05, 0.1) is 0 Å². The van der Waals surface area contributed by atoms with Crippen LogP contribution in [0.5, 0.6) is 0 Å². The lowest BCUT2D eigenvalue weighted by molar-refractivity contribution is 0.0751. The number of likely N-dealkylation sites (tertiary alicyclic amines) is 1. The third kappa shape index (κ3) is 3.89. The van der Waals surface area contributed by atoms with Gasteiger partial charge in [-0.2, -0.15) is 0 Å². The number of furan rings is 1. The van der Waals surface area contributed by atoms with Gasteiger partial charge in [-0.25, -0.2) is 4.39 Å². The molecule has 1 N–H and O–H groups in total. The molecule has 3 heterocycles. The number of para-hydroxylation sites is 1. The van der Waals surface area contributed by atoms with Crippen molar-refractivity contribution in [2.24, 2.45) is 11.8 Å². The van der Waals surface area contributed by atoms with Gasteiger partial charge in [0.15, 0.2) is 5.76 Å². The van der Waals surface area contributed by atoms with E-state index >= 15 is 0 Å². The highest BCUT2D eigenvalue weighted by Gasteiger charge is 2.39. The number of benzene rings is 2. The second-order valence-corrected chi connectivity index (χ2v) is 8.59. The zero-order valence-electron chi connectivity index (χ0n) is 15.8. The van der Waals surface area contributed by atoms with Gasteiger partial charge in [-0.05, 0) is 42.2 Å². The summed E-state index contributed by atoms with van der Waals surface area (Å²) < 4.78 is 19.2. The number of nitrogens with zero attached hydrogens (tertiary/aromatic N) is 1. The minimum absolute atomic E-state index is 0. The molecule has 0 bridgehead atoms. The van der Waals surface area contributed by atoms with Crippen LogP contribution in [-0.2, 0) is 5.75 Å². The van der Waals surface area contributed by atoms with Crippen LogP contribution in [0.1, 0.15) is 16.1 Å². The fourth-order valence-electron chi connectivity index (χ4n) is 4.27. The monoisotopic (exact) mass is 432 g/mol. The van der Waals surface area contributed by atoms with Crippen molar-refractivity contribution in [2.45, 2.75) is 10.6 Å². The van der Waals surface area contributed by atoms with Crippen LogP contribution in [0, 0.1) is 17.7 Å². The number of carbonyl (C=O) groups excluding carboxylic acids is 1. The van der Waals surface area contributed by atoms with Crippen molar-refractivity contribution in [3.63, 3.8) is 0 Å². The first-order valence-electron chi connectivity index (χ1n) is 9.58. The molecule has 2 saturated heterocycles. The van der Waals surface area contributed by atoms with Crippen LogP contribution in [-0.4, -0.2) is 37.0 Å². The second-order valence-electron chi connectivity index (χ2n) is 7.54. The minimum atomic E-state index is -0.247. The maximum atomic E-state index is 13.3. The molecule has 0 spiro atoms. The molecular formula is C22H22ClFN2O2S. The first-order chi connectivity index (χ1) is 13.7. The Kier molecular flexibility index (Phi) is 5.86. The summed E-state index contributed by atoms with van der Waals surface area (Å²) in [4.78, 5) is 16.2. The third-order valence-electron chi connectivity index (χ3n) is 5.77.